The fraction of sp³-hybridized carbons (Fsp3) is 1.00. The third-order valence-corrected chi connectivity index (χ3v) is 2.19. The van der Waals surface area contributed by atoms with E-state index in [1.807, 2.05) is 0 Å². The lowest BCUT2D eigenvalue weighted by Crippen LogP contribution is -2.24. The van der Waals surface area contributed by atoms with Gasteiger partial charge >= 0.3 is 0 Å². The van der Waals surface area contributed by atoms with Crippen LogP contribution in [-0.2, 0) is 9.47 Å². The Morgan fingerprint density at radius 1 is 0.812 bits per heavy atom. The van der Waals surface area contributed by atoms with Gasteiger partial charge < -0.3 is 14.8 Å². The molecular weight excluding hydrogens is 202 g/mol. The van der Waals surface area contributed by atoms with Gasteiger partial charge in [0.05, 0.1) is 19.8 Å². The van der Waals surface area contributed by atoms with Crippen molar-refractivity contribution < 1.29 is 9.47 Å². The summed E-state index contributed by atoms with van der Waals surface area (Å²) in [6.07, 6.45) is 1.13. The lowest BCUT2D eigenvalue weighted by molar-refractivity contribution is 0.0449. The molecule has 3 heteroatoms. The van der Waals surface area contributed by atoms with Crippen LogP contribution in [0, 0.1) is 11.8 Å². The van der Waals surface area contributed by atoms with Crippen LogP contribution in [0.4, 0.5) is 0 Å². The SMILES string of the molecule is CC(C)CCOCCOCCNCC(C)C. The molecule has 0 aromatic rings. The van der Waals surface area contributed by atoms with Crippen LogP contribution in [0.1, 0.15) is 34.1 Å². The molecule has 0 aliphatic carbocycles. The zero-order chi connectivity index (χ0) is 12.2. The van der Waals surface area contributed by atoms with Gasteiger partial charge in [-0.2, -0.15) is 0 Å². The molecule has 3 nitrogen and oxygen atoms in total. The van der Waals surface area contributed by atoms with E-state index >= 15 is 0 Å². The van der Waals surface area contributed by atoms with Gasteiger partial charge in [0.15, 0.2) is 0 Å². The highest BCUT2D eigenvalue weighted by molar-refractivity contribution is 4.50. The number of ether oxygens (including phenoxy) is 2. The van der Waals surface area contributed by atoms with Crippen molar-refractivity contribution in [2.75, 3.05) is 39.5 Å². The highest BCUT2D eigenvalue weighted by atomic mass is 16.5. The van der Waals surface area contributed by atoms with Gasteiger partial charge in [-0.15, -0.1) is 0 Å². The van der Waals surface area contributed by atoms with E-state index in [0.29, 0.717) is 12.5 Å². The molecule has 0 bridgehead atoms. The smallest absolute Gasteiger partial charge is 0.0701 e. The van der Waals surface area contributed by atoms with Gasteiger partial charge in [0, 0.05) is 13.2 Å². The van der Waals surface area contributed by atoms with Crippen molar-refractivity contribution in [3.05, 3.63) is 0 Å². The second-order valence-electron chi connectivity index (χ2n) is 5.01. The Labute approximate surface area is 101 Å². The van der Waals surface area contributed by atoms with Crippen molar-refractivity contribution in [2.24, 2.45) is 11.8 Å². The summed E-state index contributed by atoms with van der Waals surface area (Å²) in [5.41, 5.74) is 0. The van der Waals surface area contributed by atoms with E-state index in [4.69, 9.17) is 9.47 Å². The van der Waals surface area contributed by atoms with Crippen molar-refractivity contribution in [1.82, 2.24) is 5.32 Å². The first-order valence-electron chi connectivity index (χ1n) is 6.49. The molecule has 0 saturated carbocycles. The van der Waals surface area contributed by atoms with E-state index in [1.54, 1.807) is 0 Å². The van der Waals surface area contributed by atoms with Crippen LogP contribution in [0.5, 0.6) is 0 Å². The maximum absolute atomic E-state index is 5.44. The van der Waals surface area contributed by atoms with Crippen molar-refractivity contribution in [3.8, 4) is 0 Å². The quantitative estimate of drug-likeness (QED) is 0.554. The van der Waals surface area contributed by atoms with Gasteiger partial charge in [-0.05, 0) is 24.8 Å². The van der Waals surface area contributed by atoms with Crippen LogP contribution in [0.25, 0.3) is 0 Å². The van der Waals surface area contributed by atoms with Crippen molar-refractivity contribution >= 4 is 0 Å². The molecule has 0 unspecified atom stereocenters. The highest BCUT2D eigenvalue weighted by Crippen LogP contribution is 1.98. The van der Waals surface area contributed by atoms with Crippen LogP contribution in [0.3, 0.4) is 0 Å². The molecule has 0 radical (unpaired) electrons. The summed E-state index contributed by atoms with van der Waals surface area (Å²) in [5, 5.41) is 3.34. The van der Waals surface area contributed by atoms with E-state index in [-0.39, 0.29) is 0 Å². The normalized spacial score (nSPS) is 11.6. The molecule has 0 aromatic carbocycles. The van der Waals surface area contributed by atoms with Crippen LogP contribution >= 0.6 is 0 Å². The monoisotopic (exact) mass is 231 g/mol. The van der Waals surface area contributed by atoms with E-state index in [0.717, 1.165) is 45.2 Å². The third-order valence-electron chi connectivity index (χ3n) is 2.19. The zero-order valence-electron chi connectivity index (χ0n) is 11.4. The van der Waals surface area contributed by atoms with Crippen LogP contribution in [0.2, 0.25) is 0 Å². The fourth-order valence-electron chi connectivity index (χ4n) is 1.18. The summed E-state index contributed by atoms with van der Waals surface area (Å²) >= 11 is 0. The predicted molar refractivity (Wildman–Crippen MR) is 68.8 cm³/mol. The first kappa shape index (κ1) is 15.9. The number of nitrogens with one attached hydrogen (secondary N) is 1. The summed E-state index contributed by atoms with van der Waals surface area (Å²) < 4.78 is 10.9. The van der Waals surface area contributed by atoms with Gasteiger partial charge in [0.2, 0.25) is 0 Å². The Morgan fingerprint density at radius 2 is 1.44 bits per heavy atom. The molecular formula is C13H29NO2. The zero-order valence-corrected chi connectivity index (χ0v) is 11.4. The minimum absolute atomic E-state index is 0.708. The molecule has 0 fully saturated rings. The summed E-state index contributed by atoms with van der Waals surface area (Å²) in [7, 11) is 0. The van der Waals surface area contributed by atoms with Gasteiger partial charge in [0.1, 0.15) is 0 Å². The average Bonchev–Trinajstić information content (AvgIpc) is 2.20. The Morgan fingerprint density at radius 3 is 2.00 bits per heavy atom. The van der Waals surface area contributed by atoms with Gasteiger partial charge in [0.25, 0.3) is 0 Å². The number of hydrogen-bond donors (Lipinski definition) is 1. The van der Waals surface area contributed by atoms with Gasteiger partial charge in [-0.3, -0.25) is 0 Å². The predicted octanol–water partition coefficient (Wildman–Crippen LogP) is 2.31. The van der Waals surface area contributed by atoms with Crippen molar-refractivity contribution in [3.63, 3.8) is 0 Å². The third kappa shape index (κ3) is 13.9. The van der Waals surface area contributed by atoms with Crippen LogP contribution in [-0.4, -0.2) is 39.5 Å². The fourth-order valence-corrected chi connectivity index (χ4v) is 1.18. The first-order valence-corrected chi connectivity index (χ1v) is 6.49. The molecule has 0 aliphatic heterocycles. The Hall–Kier alpha value is -0.120. The van der Waals surface area contributed by atoms with E-state index in [9.17, 15) is 0 Å². The molecule has 0 aliphatic rings. The second-order valence-corrected chi connectivity index (χ2v) is 5.01. The number of hydrogen-bond acceptors (Lipinski definition) is 3. The molecule has 16 heavy (non-hydrogen) atoms. The molecule has 98 valence electrons. The molecule has 0 rings (SSSR count). The lowest BCUT2D eigenvalue weighted by Gasteiger charge is -2.09. The maximum atomic E-state index is 5.44. The summed E-state index contributed by atoms with van der Waals surface area (Å²) in [6, 6.07) is 0. The second kappa shape index (κ2) is 11.4. The molecule has 0 spiro atoms. The largest absolute Gasteiger partial charge is 0.379 e. The van der Waals surface area contributed by atoms with Crippen molar-refractivity contribution in [2.45, 2.75) is 34.1 Å². The average molecular weight is 231 g/mol. The van der Waals surface area contributed by atoms with Gasteiger partial charge in [-0.25, -0.2) is 0 Å². The molecule has 0 atom stereocenters. The molecule has 1 N–H and O–H groups in total. The minimum atomic E-state index is 0.708. The topological polar surface area (TPSA) is 30.5 Å². The summed E-state index contributed by atoms with van der Waals surface area (Å²) in [4.78, 5) is 0. The molecule has 0 saturated heterocycles. The Kier molecular flexibility index (Phi) is 11.3. The van der Waals surface area contributed by atoms with E-state index < -0.39 is 0 Å². The highest BCUT2D eigenvalue weighted by Gasteiger charge is 1.95. The van der Waals surface area contributed by atoms with E-state index in [2.05, 4.69) is 33.0 Å². The molecule has 0 aromatic heterocycles. The van der Waals surface area contributed by atoms with Crippen LogP contribution < -0.4 is 5.32 Å². The summed E-state index contributed by atoms with van der Waals surface area (Å²) in [6.45, 7) is 13.9. The lowest BCUT2D eigenvalue weighted by atomic mass is 10.1. The Bertz CT molecular complexity index is 122. The molecule has 0 amide bonds. The number of rotatable bonds is 11. The minimum Gasteiger partial charge on any atom is -0.379 e. The standard InChI is InChI=1S/C13H29NO2/c1-12(2)5-7-15-9-10-16-8-6-14-11-13(3)4/h12-14H,5-11H2,1-4H3. The Balaban J connectivity index is 2.93. The van der Waals surface area contributed by atoms with Gasteiger partial charge in [-0.1, -0.05) is 27.7 Å². The first-order chi connectivity index (χ1) is 7.63. The molecule has 0 heterocycles. The van der Waals surface area contributed by atoms with Crippen LogP contribution in [0.15, 0.2) is 0 Å². The summed E-state index contributed by atoms with van der Waals surface area (Å²) in [5.74, 6) is 1.43. The van der Waals surface area contributed by atoms with E-state index in [1.165, 1.54) is 0 Å². The maximum Gasteiger partial charge on any atom is 0.0701 e. The van der Waals surface area contributed by atoms with Crippen molar-refractivity contribution in [1.29, 1.82) is 0 Å².